The van der Waals surface area contributed by atoms with Crippen LogP contribution in [-0.2, 0) is 21.3 Å². The van der Waals surface area contributed by atoms with Crippen molar-refractivity contribution in [1.82, 2.24) is 13.9 Å². The van der Waals surface area contributed by atoms with Crippen LogP contribution in [0.4, 0.5) is 0 Å². The zero-order chi connectivity index (χ0) is 17.2. The predicted octanol–water partition coefficient (Wildman–Crippen LogP) is 2.47. The van der Waals surface area contributed by atoms with E-state index in [0.717, 1.165) is 30.8 Å². The van der Waals surface area contributed by atoms with Crippen molar-refractivity contribution < 1.29 is 13.2 Å². The number of rotatable bonds is 6. The number of hydrogen-bond acceptors (Lipinski definition) is 5. The summed E-state index contributed by atoms with van der Waals surface area (Å²) in [5, 5.41) is 1.83. The van der Waals surface area contributed by atoms with Gasteiger partial charge in [-0.2, -0.15) is 4.31 Å². The standard InChI is InChI=1S/C16H23N3O3S2/c1-13-5-12-23-16(13)24(20,21)19-7-3-14(4-8-19)15-17-6-9-18(15)10-11-22-2/h5-6,9,12,14H,3-4,7-8,10-11H2,1-2H3. The first-order valence-corrected chi connectivity index (χ1v) is 10.4. The van der Waals surface area contributed by atoms with Crippen LogP contribution in [0.3, 0.4) is 0 Å². The van der Waals surface area contributed by atoms with Crippen molar-refractivity contribution in [3.8, 4) is 0 Å². The lowest BCUT2D eigenvalue weighted by Gasteiger charge is -2.31. The number of aryl methyl sites for hydroxylation is 1. The van der Waals surface area contributed by atoms with Gasteiger partial charge in [0.15, 0.2) is 0 Å². The van der Waals surface area contributed by atoms with Crippen LogP contribution in [0.2, 0.25) is 0 Å². The van der Waals surface area contributed by atoms with Gasteiger partial charge in [-0.25, -0.2) is 13.4 Å². The number of nitrogens with zero attached hydrogens (tertiary/aromatic N) is 3. The summed E-state index contributed by atoms with van der Waals surface area (Å²) in [5.74, 6) is 1.34. The predicted molar refractivity (Wildman–Crippen MR) is 93.9 cm³/mol. The van der Waals surface area contributed by atoms with Gasteiger partial charge in [0.25, 0.3) is 10.0 Å². The van der Waals surface area contributed by atoms with Crippen molar-refractivity contribution in [2.45, 2.75) is 36.4 Å². The molecule has 0 N–H and O–H groups in total. The second kappa shape index (κ2) is 7.35. The first kappa shape index (κ1) is 17.6. The van der Waals surface area contributed by atoms with Gasteiger partial charge in [-0.05, 0) is 36.8 Å². The summed E-state index contributed by atoms with van der Waals surface area (Å²) in [6.45, 7) is 4.36. The van der Waals surface area contributed by atoms with Crippen LogP contribution in [0.25, 0.3) is 0 Å². The Bertz CT molecular complexity index is 774. The first-order valence-electron chi connectivity index (χ1n) is 8.08. The van der Waals surface area contributed by atoms with Crippen LogP contribution < -0.4 is 0 Å². The number of piperidine rings is 1. The maximum Gasteiger partial charge on any atom is 0.252 e. The van der Waals surface area contributed by atoms with E-state index in [1.807, 2.05) is 30.8 Å². The van der Waals surface area contributed by atoms with E-state index in [-0.39, 0.29) is 0 Å². The molecule has 0 spiro atoms. The van der Waals surface area contributed by atoms with Crippen molar-refractivity contribution in [2.75, 3.05) is 26.8 Å². The summed E-state index contributed by atoms with van der Waals surface area (Å²) < 4.78 is 34.9. The molecule has 0 aromatic carbocycles. The van der Waals surface area contributed by atoms with Crippen LogP contribution in [0.5, 0.6) is 0 Å². The number of thiophene rings is 1. The molecule has 0 saturated carbocycles. The third kappa shape index (κ3) is 3.42. The van der Waals surface area contributed by atoms with Gasteiger partial charge in [-0.1, -0.05) is 0 Å². The molecular formula is C16H23N3O3S2. The highest BCUT2D eigenvalue weighted by molar-refractivity contribution is 7.91. The van der Waals surface area contributed by atoms with E-state index in [0.29, 0.717) is 29.8 Å². The molecule has 3 rings (SSSR count). The first-order chi connectivity index (χ1) is 11.5. The molecule has 1 aliphatic heterocycles. The lowest BCUT2D eigenvalue weighted by Crippen LogP contribution is -2.38. The molecule has 0 bridgehead atoms. The van der Waals surface area contributed by atoms with Crippen molar-refractivity contribution in [3.05, 3.63) is 35.2 Å². The van der Waals surface area contributed by atoms with Gasteiger partial charge in [0.05, 0.1) is 6.61 Å². The quantitative estimate of drug-likeness (QED) is 0.785. The van der Waals surface area contributed by atoms with Crippen molar-refractivity contribution >= 4 is 21.4 Å². The highest BCUT2D eigenvalue weighted by atomic mass is 32.2. The fraction of sp³-hybridized carbons (Fsp3) is 0.562. The van der Waals surface area contributed by atoms with Gasteiger partial charge >= 0.3 is 0 Å². The number of methoxy groups -OCH3 is 1. The Labute approximate surface area is 147 Å². The van der Waals surface area contributed by atoms with E-state index in [4.69, 9.17) is 4.74 Å². The van der Waals surface area contributed by atoms with Gasteiger partial charge in [0.1, 0.15) is 10.0 Å². The van der Waals surface area contributed by atoms with Crippen LogP contribution in [0.1, 0.15) is 30.1 Å². The maximum atomic E-state index is 12.8. The molecule has 0 aliphatic carbocycles. The summed E-state index contributed by atoms with van der Waals surface area (Å²) >= 11 is 1.30. The topological polar surface area (TPSA) is 64.4 Å². The zero-order valence-corrected chi connectivity index (χ0v) is 15.6. The molecule has 1 aliphatic rings. The average Bonchev–Trinajstić information content (AvgIpc) is 3.22. The molecule has 0 atom stereocenters. The number of ether oxygens (including phenoxy) is 1. The van der Waals surface area contributed by atoms with E-state index in [1.54, 1.807) is 11.4 Å². The molecule has 2 aromatic rings. The van der Waals surface area contributed by atoms with Gasteiger partial charge in [-0.15, -0.1) is 11.3 Å². The van der Waals surface area contributed by atoms with E-state index in [1.165, 1.54) is 11.3 Å². The molecule has 1 saturated heterocycles. The Morgan fingerprint density at radius 3 is 2.75 bits per heavy atom. The summed E-state index contributed by atoms with van der Waals surface area (Å²) in [7, 11) is -1.67. The van der Waals surface area contributed by atoms with Gasteiger partial charge < -0.3 is 9.30 Å². The van der Waals surface area contributed by atoms with Crippen molar-refractivity contribution in [2.24, 2.45) is 0 Å². The van der Waals surface area contributed by atoms with E-state index >= 15 is 0 Å². The molecular weight excluding hydrogens is 346 g/mol. The smallest absolute Gasteiger partial charge is 0.252 e. The Hall–Kier alpha value is -1.22. The molecule has 132 valence electrons. The van der Waals surface area contributed by atoms with E-state index < -0.39 is 10.0 Å². The molecule has 0 radical (unpaired) electrons. The molecule has 1 fully saturated rings. The molecule has 2 aromatic heterocycles. The Balaban J connectivity index is 1.68. The minimum absolute atomic E-state index is 0.299. The van der Waals surface area contributed by atoms with Gasteiger partial charge in [-0.3, -0.25) is 0 Å². The van der Waals surface area contributed by atoms with Crippen LogP contribution >= 0.6 is 11.3 Å². The summed E-state index contributed by atoms with van der Waals surface area (Å²) in [6.07, 6.45) is 5.37. The summed E-state index contributed by atoms with van der Waals surface area (Å²) in [5.41, 5.74) is 0.831. The monoisotopic (exact) mass is 369 g/mol. The number of aromatic nitrogens is 2. The highest BCUT2D eigenvalue weighted by Gasteiger charge is 2.32. The fourth-order valence-corrected chi connectivity index (χ4v) is 6.17. The van der Waals surface area contributed by atoms with Crippen LogP contribution in [0, 0.1) is 6.92 Å². The SMILES string of the molecule is COCCn1ccnc1C1CCN(S(=O)(=O)c2sccc2C)CC1. The number of hydrogen-bond donors (Lipinski definition) is 0. The van der Waals surface area contributed by atoms with Gasteiger partial charge in [0.2, 0.25) is 0 Å². The average molecular weight is 370 g/mol. The largest absolute Gasteiger partial charge is 0.383 e. The van der Waals surface area contributed by atoms with Gasteiger partial charge in [0, 0.05) is 45.1 Å². The van der Waals surface area contributed by atoms with Crippen LogP contribution in [0.15, 0.2) is 28.0 Å². The van der Waals surface area contributed by atoms with Crippen molar-refractivity contribution in [1.29, 1.82) is 0 Å². The molecule has 8 heteroatoms. The Morgan fingerprint density at radius 2 is 2.12 bits per heavy atom. The van der Waals surface area contributed by atoms with E-state index in [2.05, 4.69) is 9.55 Å². The Morgan fingerprint density at radius 1 is 1.38 bits per heavy atom. The third-order valence-corrected chi connectivity index (χ3v) is 8.06. The second-order valence-corrected chi connectivity index (χ2v) is 9.09. The number of sulfonamides is 1. The van der Waals surface area contributed by atoms with Crippen molar-refractivity contribution in [3.63, 3.8) is 0 Å². The lowest BCUT2D eigenvalue weighted by molar-refractivity contribution is 0.185. The zero-order valence-electron chi connectivity index (χ0n) is 14.0. The minimum Gasteiger partial charge on any atom is -0.383 e. The van der Waals surface area contributed by atoms with E-state index in [9.17, 15) is 8.42 Å². The second-order valence-electron chi connectivity index (χ2n) is 6.04. The molecule has 0 amide bonds. The molecule has 3 heterocycles. The highest BCUT2D eigenvalue weighted by Crippen LogP contribution is 2.32. The minimum atomic E-state index is -3.36. The fourth-order valence-electron chi connectivity index (χ4n) is 3.15. The summed E-state index contributed by atoms with van der Waals surface area (Å²) in [6, 6.07) is 1.86. The maximum absolute atomic E-state index is 12.8. The Kier molecular flexibility index (Phi) is 5.39. The lowest BCUT2D eigenvalue weighted by atomic mass is 9.97. The third-order valence-electron chi connectivity index (χ3n) is 4.49. The normalized spacial score (nSPS) is 17.4. The molecule has 24 heavy (non-hydrogen) atoms. The molecule has 0 unspecified atom stereocenters. The molecule has 6 nitrogen and oxygen atoms in total. The number of imidazole rings is 1. The van der Waals surface area contributed by atoms with Crippen LogP contribution in [-0.4, -0.2) is 49.1 Å². The summed E-state index contributed by atoms with van der Waals surface area (Å²) in [4.78, 5) is 4.49.